The van der Waals surface area contributed by atoms with Crippen LogP contribution in [-0.2, 0) is 22.6 Å². The second-order valence-corrected chi connectivity index (χ2v) is 5.17. The summed E-state index contributed by atoms with van der Waals surface area (Å²) >= 11 is 3.36. The van der Waals surface area contributed by atoms with Gasteiger partial charge >= 0.3 is 5.97 Å². The van der Waals surface area contributed by atoms with E-state index >= 15 is 0 Å². The summed E-state index contributed by atoms with van der Waals surface area (Å²) in [4.78, 5) is 22.2. The first-order chi connectivity index (χ1) is 10.1. The third kappa shape index (κ3) is 4.13. The number of esters is 1. The average Bonchev–Trinajstić information content (AvgIpc) is 2.47. The van der Waals surface area contributed by atoms with Crippen molar-refractivity contribution in [2.75, 3.05) is 0 Å². The fraction of sp³-hybridized carbons (Fsp3) is 0.133. The van der Waals surface area contributed by atoms with Gasteiger partial charge in [-0.15, -0.1) is 0 Å². The topological polar surface area (TPSA) is 69.4 Å². The molecule has 0 saturated carbocycles. The molecule has 0 unspecified atom stereocenters. The van der Waals surface area contributed by atoms with Gasteiger partial charge in [0.2, 0.25) is 0 Å². The maximum atomic E-state index is 11.8. The fourth-order valence-electron chi connectivity index (χ4n) is 1.82. The highest BCUT2D eigenvalue weighted by molar-refractivity contribution is 9.10. The summed E-state index contributed by atoms with van der Waals surface area (Å²) in [6.07, 6.45) is -0.123. The van der Waals surface area contributed by atoms with Gasteiger partial charge < -0.3 is 4.74 Å². The van der Waals surface area contributed by atoms with Gasteiger partial charge in [0.1, 0.15) is 6.61 Å². The minimum Gasteiger partial charge on any atom is -0.461 e. The van der Waals surface area contributed by atoms with Gasteiger partial charge in [0, 0.05) is 21.7 Å². The van der Waals surface area contributed by atoms with Crippen molar-refractivity contribution in [2.45, 2.75) is 13.0 Å². The monoisotopic (exact) mass is 349 g/mol. The van der Waals surface area contributed by atoms with Crippen LogP contribution >= 0.6 is 15.9 Å². The predicted molar refractivity (Wildman–Crippen MR) is 80.7 cm³/mol. The van der Waals surface area contributed by atoms with Crippen molar-refractivity contribution in [3.05, 3.63) is 74.2 Å². The molecule has 0 fully saturated rings. The summed E-state index contributed by atoms with van der Waals surface area (Å²) in [7, 11) is 0. The van der Waals surface area contributed by atoms with E-state index in [1.165, 1.54) is 6.07 Å². The fourth-order valence-corrected chi connectivity index (χ4v) is 2.22. The highest BCUT2D eigenvalue weighted by Gasteiger charge is 2.16. The van der Waals surface area contributed by atoms with E-state index < -0.39 is 10.9 Å². The lowest BCUT2D eigenvalue weighted by molar-refractivity contribution is -0.385. The first-order valence-corrected chi connectivity index (χ1v) is 6.98. The van der Waals surface area contributed by atoms with Gasteiger partial charge in [-0.05, 0) is 6.07 Å². The minimum atomic E-state index is -0.504. The van der Waals surface area contributed by atoms with E-state index in [4.69, 9.17) is 4.74 Å². The second kappa shape index (κ2) is 6.99. The zero-order chi connectivity index (χ0) is 15.2. The van der Waals surface area contributed by atoms with Gasteiger partial charge in [-0.1, -0.05) is 52.3 Å². The van der Waals surface area contributed by atoms with E-state index in [1.54, 1.807) is 18.2 Å². The van der Waals surface area contributed by atoms with E-state index in [0.29, 0.717) is 5.56 Å². The van der Waals surface area contributed by atoms with Gasteiger partial charge in [-0.3, -0.25) is 14.9 Å². The van der Waals surface area contributed by atoms with E-state index in [9.17, 15) is 14.9 Å². The van der Waals surface area contributed by atoms with Crippen LogP contribution in [-0.4, -0.2) is 10.9 Å². The van der Waals surface area contributed by atoms with Crippen molar-refractivity contribution in [1.82, 2.24) is 0 Å². The molecule has 0 spiro atoms. The van der Waals surface area contributed by atoms with Crippen molar-refractivity contribution in [2.24, 2.45) is 0 Å². The summed E-state index contributed by atoms with van der Waals surface area (Å²) in [6, 6.07) is 13.5. The Labute approximate surface area is 129 Å². The molecule has 6 heteroatoms. The summed E-state index contributed by atoms with van der Waals surface area (Å²) in [5.74, 6) is -0.500. The minimum absolute atomic E-state index is 0.0738. The van der Waals surface area contributed by atoms with Gasteiger partial charge in [-0.2, -0.15) is 0 Å². The molecule has 0 bridgehead atoms. The lowest BCUT2D eigenvalue weighted by Gasteiger charge is -2.07. The third-order valence-corrected chi connectivity index (χ3v) is 3.64. The van der Waals surface area contributed by atoms with Crippen LogP contribution in [0.5, 0.6) is 0 Å². The number of nitrogens with zero attached hydrogens (tertiary/aromatic N) is 1. The molecule has 0 aliphatic heterocycles. The van der Waals surface area contributed by atoms with Crippen molar-refractivity contribution in [1.29, 1.82) is 0 Å². The van der Waals surface area contributed by atoms with Crippen LogP contribution in [0.3, 0.4) is 0 Å². The zero-order valence-electron chi connectivity index (χ0n) is 11.0. The predicted octanol–water partition coefficient (Wildman–Crippen LogP) is 3.64. The van der Waals surface area contributed by atoms with E-state index in [2.05, 4.69) is 15.9 Å². The molecular formula is C15H12BrNO4. The standard InChI is InChI=1S/C15H12BrNO4/c16-13-7-3-1-6-12(13)10-21-15(18)9-11-5-2-4-8-14(11)17(19)20/h1-8H,9-10H2. The number of ether oxygens (including phenoxy) is 1. The lowest BCUT2D eigenvalue weighted by Crippen LogP contribution is -2.09. The number of hydrogen-bond donors (Lipinski definition) is 0. The Morgan fingerprint density at radius 3 is 2.38 bits per heavy atom. The van der Waals surface area contributed by atoms with E-state index in [-0.39, 0.29) is 18.7 Å². The molecule has 2 aromatic carbocycles. The molecule has 0 radical (unpaired) electrons. The molecule has 0 aliphatic rings. The Hall–Kier alpha value is -2.21. The van der Waals surface area contributed by atoms with Crippen LogP contribution < -0.4 is 0 Å². The molecule has 5 nitrogen and oxygen atoms in total. The molecule has 0 amide bonds. The van der Waals surface area contributed by atoms with Crippen LogP contribution in [0.1, 0.15) is 11.1 Å². The molecule has 0 N–H and O–H groups in total. The number of nitro benzene ring substituents is 1. The summed E-state index contributed by atoms with van der Waals surface area (Å²) in [5, 5.41) is 10.9. The number of para-hydroxylation sites is 1. The summed E-state index contributed by atoms with van der Waals surface area (Å²) in [5.41, 5.74) is 1.11. The normalized spacial score (nSPS) is 10.1. The zero-order valence-corrected chi connectivity index (χ0v) is 12.6. The number of hydrogen-bond acceptors (Lipinski definition) is 4. The summed E-state index contributed by atoms with van der Waals surface area (Å²) < 4.78 is 6.01. The van der Waals surface area contributed by atoms with Crippen LogP contribution in [0.25, 0.3) is 0 Å². The quantitative estimate of drug-likeness (QED) is 0.469. The Morgan fingerprint density at radius 2 is 1.71 bits per heavy atom. The Morgan fingerprint density at radius 1 is 1.10 bits per heavy atom. The molecule has 0 aromatic heterocycles. The van der Waals surface area contributed by atoms with Crippen LogP contribution in [0.4, 0.5) is 5.69 Å². The summed E-state index contributed by atoms with van der Waals surface area (Å²) in [6.45, 7) is 0.126. The second-order valence-electron chi connectivity index (χ2n) is 4.31. The van der Waals surface area contributed by atoms with Gasteiger partial charge in [-0.25, -0.2) is 0 Å². The SMILES string of the molecule is O=C(Cc1ccccc1[N+](=O)[O-])OCc1ccccc1Br. The van der Waals surface area contributed by atoms with Crippen molar-refractivity contribution < 1.29 is 14.5 Å². The molecule has 0 heterocycles. The Balaban J connectivity index is 2.00. The first kappa shape index (κ1) is 15.2. The highest BCUT2D eigenvalue weighted by Crippen LogP contribution is 2.20. The molecule has 2 rings (SSSR count). The Kier molecular flexibility index (Phi) is 5.05. The number of halogens is 1. The average molecular weight is 350 g/mol. The number of nitro groups is 1. The molecule has 2 aromatic rings. The van der Waals surface area contributed by atoms with Crippen LogP contribution in [0, 0.1) is 10.1 Å². The lowest BCUT2D eigenvalue weighted by atomic mass is 10.1. The third-order valence-electron chi connectivity index (χ3n) is 2.87. The molecular weight excluding hydrogens is 338 g/mol. The van der Waals surface area contributed by atoms with Crippen molar-refractivity contribution in [3.63, 3.8) is 0 Å². The van der Waals surface area contributed by atoms with Gasteiger partial charge in [0.05, 0.1) is 11.3 Å². The van der Waals surface area contributed by atoms with Crippen molar-refractivity contribution >= 4 is 27.6 Å². The first-order valence-electron chi connectivity index (χ1n) is 6.19. The van der Waals surface area contributed by atoms with Crippen LogP contribution in [0.2, 0.25) is 0 Å². The maximum absolute atomic E-state index is 11.8. The number of carbonyl (C=O) groups is 1. The van der Waals surface area contributed by atoms with Gasteiger partial charge in [0.25, 0.3) is 5.69 Å². The van der Waals surface area contributed by atoms with E-state index in [0.717, 1.165) is 10.0 Å². The molecule has 0 saturated heterocycles. The number of rotatable bonds is 5. The molecule has 0 atom stereocenters. The van der Waals surface area contributed by atoms with Crippen LogP contribution in [0.15, 0.2) is 53.0 Å². The highest BCUT2D eigenvalue weighted by atomic mass is 79.9. The van der Waals surface area contributed by atoms with E-state index in [1.807, 2.05) is 24.3 Å². The smallest absolute Gasteiger partial charge is 0.310 e. The number of carbonyl (C=O) groups excluding carboxylic acids is 1. The largest absolute Gasteiger partial charge is 0.461 e. The molecule has 0 aliphatic carbocycles. The maximum Gasteiger partial charge on any atom is 0.310 e. The number of benzene rings is 2. The van der Waals surface area contributed by atoms with Crippen molar-refractivity contribution in [3.8, 4) is 0 Å². The van der Waals surface area contributed by atoms with Gasteiger partial charge in [0.15, 0.2) is 0 Å². The molecule has 21 heavy (non-hydrogen) atoms. The Bertz CT molecular complexity index is 672. The molecule has 108 valence electrons.